The number of carbonyl (C=O) groups is 2. The van der Waals surface area contributed by atoms with Gasteiger partial charge in [-0.15, -0.1) is 0 Å². The largest absolute Gasteiger partial charge is 0.368 e. The molecule has 3 amide bonds. The second kappa shape index (κ2) is 9.29. The summed E-state index contributed by atoms with van der Waals surface area (Å²) in [6, 6.07) is 12.6. The van der Waals surface area contributed by atoms with E-state index < -0.39 is 12.1 Å². The van der Waals surface area contributed by atoms with Gasteiger partial charge in [-0.25, -0.2) is 4.79 Å². The molecule has 2 aromatic rings. The van der Waals surface area contributed by atoms with Crippen molar-refractivity contribution >= 4 is 34.9 Å². The van der Waals surface area contributed by atoms with Crippen LogP contribution in [0.2, 0.25) is 5.02 Å². The number of anilines is 2. The number of piperazine rings is 1. The van der Waals surface area contributed by atoms with Gasteiger partial charge >= 0.3 is 6.03 Å². The lowest BCUT2D eigenvalue weighted by molar-refractivity contribution is -0.124. The van der Waals surface area contributed by atoms with Gasteiger partial charge in [0.2, 0.25) is 5.91 Å². The fourth-order valence-corrected chi connectivity index (χ4v) is 3.80. The monoisotopic (exact) mass is 414 g/mol. The molecule has 0 bridgehead atoms. The van der Waals surface area contributed by atoms with Crippen LogP contribution in [0.15, 0.2) is 42.5 Å². The molecule has 0 spiro atoms. The number of rotatable bonds is 4. The predicted molar refractivity (Wildman–Crippen MR) is 118 cm³/mol. The van der Waals surface area contributed by atoms with E-state index in [4.69, 9.17) is 11.6 Å². The van der Waals surface area contributed by atoms with Gasteiger partial charge in [-0.3, -0.25) is 15.0 Å². The average Bonchev–Trinajstić information content (AvgIpc) is 2.70. The Labute approximate surface area is 176 Å². The van der Waals surface area contributed by atoms with E-state index in [1.807, 2.05) is 63.2 Å². The van der Waals surface area contributed by atoms with Crippen molar-refractivity contribution in [3.05, 3.63) is 58.6 Å². The number of para-hydroxylation sites is 1. The predicted octanol–water partition coefficient (Wildman–Crippen LogP) is 3.82. The van der Waals surface area contributed by atoms with Crippen LogP contribution in [0.5, 0.6) is 0 Å². The Morgan fingerprint density at radius 1 is 1.03 bits per heavy atom. The van der Waals surface area contributed by atoms with Crippen LogP contribution < -0.4 is 15.5 Å². The number of hydrogen-bond acceptors (Lipinski definition) is 4. The zero-order chi connectivity index (χ0) is 21.0. The molecule has 1 aliphatic heterocycles. The molecule has 1 unspecified atom stereocenters. The SMILES string of the molecule is Cc1ccc(NC(=O)NC(=O)C(C)N2CCN(c3ccccc3Cl)CC2)c(C)c1. The molecule has 1 saturated heterocycles. The van der Waals surface area contributed by atoms with E-state index in [-0.39, 0.29) is 5.91 Å². The van der Waals surface area contributed by atoms with Crippen molar-refractivity contribution in [1.29, 1.82) is 0 Å². The highest BCUT2D eigenvalue weighted by Crippen LogP contribution is 2.26. The van der Waals surface area contributed by atoms with E-state index in [1.165, 1.54) is 0 Å². The maximum atomic E-state index is 12.5. The standard InChI is InChI=1S/C22H27ClN4O2/c1-15-8-9-19(16(2)14-15)24-22(29)25-21(28)17(3)26-10-12-27(13-11-26)20-7-5-4-6-18(20)23/h4-9,14,17H,10-13H2,1-3H3,(H2,24,25,28,29). The van der Waals surface area contributed by atoms with Gasteiger partial charge in [-0.05, 0) is 44.5 Å². The third-order valence-corrected chi connectivity index (χ3v) is 5.62. The molecule has 29 heavy (non-hydrogen) atoms. The van der Waals surface area contributed by atoms with Gasteiger partial charge in [0.05, 0.1) is 16.8 Å². The molecular weight excluding hydrogens is 388 g/mol. The average molecular weight is 415 g/mol. The first-order valence-electron chi connectivity index (χ1n) is 9.78. The van der Waals surface area contributed by atoms with Crippen molar-refractivity contribution in [3.63, 3.8) is 0 Å². The van der Waals surface area contributed by atoms with Crippen molar-refractivity contribution in [2.24, 2.45) is 0 Å². The van der Waals surface area contributed by atoms with Crippen molar-refractivity contribution in [2.45, 2.75) is 26.8 Å². The molecule has 3 rings (SSSR count). The summed E-state index contributed by atoms with van der Waals surface area (Å²) in [6.07, 6.45) is 0. The van der Waals surface area contributed by atoms with Crippen LogP contribution in [0.25, 0.3) is 0 Å². The zero-order valence-electron chi connectivity index (χ0n) is 17.0. The lowest BCUT2D eigenvalue weighted by Gasteiger charge is -2.38. The summed E-state index contributed by atoms with van der Waals surface area (Å²) in [5, 5.41) is 5.93. The fraction of sp³-hybridized carbons (Fsp3) is 0.364. The molecule has 1 atom stereocenters. The highest BCUT2D eigenvalue weighted by atomic mass is 35.5. The van der Waals surface area contributed by atoms with Gasteiger partial charge in [0, 0.05) is 31.9 Å². The molecular formula is C22H27ClN4O2. The van der Waals surface area contributed by atoms with Crippen molar-refractivity contribution < 1.29 is 9.59 Å². The maximum absolute atomic E-state index is 12.5. The lowest BCUT2D eigenvalue weighted by Crippen LogP contribution is -2.55. The first-order valence-corrected chi connectivity index (χ1v) is 10.2. The molecule has 154 valence electrons. The Kier molecular flexibility index (Phi) is 6.77. The van der Waals surface area contributed by atoms with Gasteiger partial charge in [0.25, 0.3) is 0 Å². The van der Waals surface area contributed by atoms with Crippen LogP contribution in [0.4, 0.5) is 16.2 Å². The van der Waals surface area contributed by atoms with Crippen LogP contribution in [0, 0.1) is 13.8 Å². The van der Waals surface area contributed by atoms with Gasteiger partial charge in [0.1, 0.15) is 0 Å². The van der Waals surface area contributed by atoms with E-state index >= 15 is 0 Å². The van der Waals surface area contributed by atoms with E-state index in [0.29, 0.717) is 5.69 Å². The molecule has 0 aromatic heterocycles. The number of halogens is 1. The number of aryl methyl sites for hydroxylation is 2. The molecule has 0 saturated carbocycles. The summed E-state index contributed by atoms with van der Waals surface area (Å²) >= 11 is 6.29. The summed E-state index contributed by atoms with van der Waals surface area (Å²) < 4.78 is 0. The van der Waals surface area contributed by atoms with Crippen LogP contribution in [-0.2, 0) is 4.79 Å². The summed E-state index contributed by atoms with van der Waals surface area (Å²) in [5.74, 6) is -0.307. The summed E-state index contributed by atoms with van der Waals surface area (Å²) in [4.78, 5) is 29.1. The molecule has 7 heteroatoms. The van der Waals surface area contributed by atoms with Crippen LogP contribution in [-0.4, -0.2) is 49.1 Å². The Hall–Kier alpha value is -2.57. The Balaban J connectivity index is 1.51. The molecule has 1 heterocycles. The Morgan fingerprint density at radius 2 is 1.72 bits per heavy atom. The second-order valence-electron chi connectivity index (χ2n) is 7.41. The number of hydrogen-bond donors (Lipinski definition) is 2. The number of amides is 3. The quantitative estimate of drug-likeness (QED) is 0.798. The normalized spacial score (nSPS) is 15.7. The van der Waals surface area contributed by atoms with Crippen molar-refractivity contribution in [3.8, 4) is 0 Å². The van der Waals surface area contributed by atoms with Crippen molar-refractivity contribution in [2.75, 3.05) is 36.4 Å². The van der Waals surface area contributed by atoms with Crippen molar-refractivity contribution in [1.82, 2.24) is 10.2 Å². The minimum absolute atomic E-state index is 0.307. The van der Waals surface area contributed by atoms with Crippen LogP contribution in [0.3, 0.4) is 0 Å². The molecule has 6 nitrogen and oxygen atoms in total. The van der Waals surface area contributed by atoms with Gasteiger partial charge in [0.15, 0.2) is 0 Å². The number of urea groups is 1. The summed E-state index contributed by atoms with van der Waals surface area (Å²) in [7, 11) is 0. The Bertz CT molecular complexity index is 894. The van der Waals surface area contributed by atoms with E-state index in [2.05, 4.69) is 20.4 Å². The number of carbonyl (C=O) groups excluding carboxylic acids is 2. The lowest BCUT2D eigenvalue weighted by atomic mass is 10.1. The number of nitrogens with zero attached hydrogens (tertiary/aromatic N) is 2. The fourth-order valence-electron chi connectivity index (χ4n) is 3.55. The zero-order valence-corrected chi connectivity index (χ0v) is 17.8. The van der Waals surface area contributed by atoms with Gasteiger partial charge in [-0.2, -0.15) is 0 Å². The number of nitrogens with one attached hydrogen (secondary N) is 2. The van der Waals surface area contributed by atoms with E-state index in [9.17, 15) is 9.59 Å². The first-order chi connectivity index (χ1) is 13.8. The molecule has 2 aromatic carbocycles. The molecule has 0 radical (unpaired) electrons. The van der Waals surface area contributed by atoms with Gasteiger partial charge in [-0.1, -0.05) is 41.4 Å². The van der Waals surface area contributed by atoms with E-state index in [1.54, 1.807) is 0 Å². The topological polar surface area (TPSA) is 64.7 Å². The first kappa shape index (κ1) is 21.1. The number of benzene rings is 2. The van der Waals surface area contributed by atoms with Crippen LogP contribution in [0.1, 0.15) is 18.1 Å². The third kappa shape index (κ3) is 5.28. The minimum Gasteiger partial charge on any atom is -0.368 e. The minimum atomic E-state index is -0.511. The number of imide groups is 1. The van der Waals surface area contributed by atoms with Crippen LogP contribution >= 0.6 is 11.6 Å². The Morgan fingerprint density at radius 3 is 2.38 bits per heavy atom. The van der Waals surface area contributed by atoms with Gasteiger partial charge < -0.3 is 10.2 Å². The smallest absolute Gasteiger partial charge is 0.325 e. The second-order valence-corrected chi connectivity index (χ2v) is 7.82. The third-order valence-electron chi connectivity index (χ3n) is 5.30. The molecule has 1 aliphatic rings. The maximum Gasteiger partial charge on any atom is 0.325 e. The highest BCUT2D eigenvalue weighted by molar-refractivity contribution is 6.33. The molecule has 1 fully saturated rings. The molecule has 0 aliphatic carbocycles. The molecule has 2 N–H and O–H groups in total. The highest BCUT2D eigenvalue weighted by Gasteiger charge is 2.27. The summed E-state index contributed by atoms with van der Waals surface area (Å²) in [6.45, 7) is 8.73. The summed E-state index contributed by atoms with van der Waals surface area (Å²) in [5.41, 5.74) is 3.78. The van der Waals surface area contributed by atoms with E-state index in [0.717, 1.165) is 48.0 Å².